The van der Waals surface area contributed by atoms with Gasteiger partial charge in [0, 0.05) is 0 Å². The van der Waals surface area contributed by atoms with E-state index in [0.717, 1.165) is 77.0 Å². The molecule has 3 unspecified atom stereocenters. The molecule has 0 radical (unpaired) electrons. The van der Waals surface area contributed by atoms with Crippen LogP contribution in [-0.4, -0.2) is 51.1 Å². The van der Waals surface area contributed by atoms with Gasteiger partial charge in [-0.05, 0) is 54.2 Å². The molecule has 0 spiro atoms. The van der Waals surface area contributed by atoms with Crippen LogP contribution in [0, 0.1) is 17.8 Å². The third-order valence-corrected chi connectivity index (χ3v) is 11.8. The SMILES string of the molecule is CCCCCCCCCCCC(C(=O)O)C(=O)OCc1cc(COC(=O)C(CCCCCCCCCCC)C(=O)O)cc(COC(=O)C(CCCCCCCCCCC)C(=O)O)c1. The molecule has 63 heavy (non-hydrogen) atoms. The average Bonchev–Trinajstić information content (AvgIpc) is 3.25. The maximum atomic E-state index is 13.0. The first-order valence-electron chi connectivity index (χ1n) is 24.7. The number of benzene rings is 1. The van der Waals surface area contributed by atoms with E-state index in [9.17, 15) is 44.1 Å². The molecule has 0 aliphatic heterocycles. The van der Waals surface area contributed by atoms with Gasteiger partial charge in [-0.1, -0.05) is 194 Å². The fourth-order valence-corrected chi connectivity index (χ4v) is 7.86. The molecular formula is C51H84O12. The van der Waals surface area contributed by atoms with Crippen LogP contribution in [0.1, 0.15) is 230 Å². The zero-order valence-corrected chi connectivity index (χ0v) is 39.3. The molecule has 3 N–H and O–H groups in total. The minimum absolute atomic E-state index is 0.148. The fraction of sp³-hybridized carbons (Fsp3) is 0.765. The number of carboxylic acid groups (broad SMARTS) is 3. The van der Waals surface area contributed by atoms with Crippen molar-refractivity contribution in [2.75, 3.05) is 0 Å². The quantitative estimate of drug-likeness (QED) is 0.0244. The van der Waals surface area contributed by atoms with Gasteiger partial charge >= 0.3 is 35.8 Å². The van der Waals surface area contributed by atoms with Gasteiger partial charge in [0.15, 0.2) is 17.8 Å². The molecule has 1 aromatic rings. The monoisotopic (exact) mass is 889 g/mol. The number of ether oxygens (including phenoxy) is 3. The highest BCUT2D eigenvalue weighted by atomic mass is 16.5. The summed E-state index contributed by atoms with van der Waals surface area (Å²) >= 11 is 0. The number of hydrogen-bond donors (Lipinski definition) is 3. The van der Waals surface area contributed by atoms with Crippen molar-refractivity contribution in [2.24, 2.45) is 17.8 Å². The largest absolute Gasteiger partial charge is 0.481 e. The number of esters is 3. The molecule has 3 atom stereocenters. The van der Waals surface area contributed by atoms with E-state index in [4.69, 9.17) is 14.2 Å². The van der Waals surface area contributed by atoms with E-state index in [2.05, 4.69) is 20.8 Å². The van der Waals surface area contributed by atoms with Gasteiger partial charge in [-0.2, -0.15) is 0 Å². The Hall–Kier alpha value is -3.96. The summed E-state index contributed by atoms with van der Waals surface area (Å²) in [6.07, 6.45) is 28.7. The van der Waals surface area contributed by atoms with Crippen LogP contribution in [-0.2, 0) is 62.8 Å². The molecule has 0 amide bonds. The van der Waals surface area contributed by atoms with Gasteiger partial charge in [0.1, 0.15) is 19.8 Å². The second-order valence-corrected chi connectivity index (χ2v) is 17.5. The Kier molecular flexibility index (Phi) is 33.9. The summed E-state index contributed by atoms with van der Waals surface area (Å²) in [6.45, 7) is 5.56. The minimum atomic E-state index is -1.34. The predicted octanol–water partition coefficient (Wildman–Crippen LogP) is 12.7. The van der Waals surface area contributed by atoms with Gasteiger partial charge in [-0.3, -0.25) is 28.8 Å². The smallest absolute Gasteiger partial charge is 0.320 e. The molecular weight excluding hydrogens is 805 g/mol. The molecule has 0 saturated heterocycles. The lowest BCUT2D eigenvalue weighted by Crippen LogP contribution is -2.26. The van der Waals surface area contributed by atoms with Crippen LogP contribution in [0.25, 0.3) is 0 Å². The van der Waals surface area contributed by atoms with Crippen LogP contribution < -0.4 is 0 Å². The summed E-state index contributed by atoms with van der Waals surface area (Å²) in [4.78, 5) is 75.3. The topological polar surface area (TPSA) is 191 Å². The standard InChI is InChI=1S/C51H84O12/c1-4-7-10-13-16-19-22-25-28-31-43(46(52)53)49(58)61-37-40-34-41(38-62-50(59)44(47(54)55)32-29-26-23-20-17-14-11-8-5-2)36-42(35-40)39-63-51(60)45(48(56)57)33-30-27-24-21-18-15-12-9-6-3/h34-36,43-45H,4-33,37-39H2,1-3H3,(H,52,53)(H,54,55)(H,56,57). The highest BCUT2D eigenvalue weighted by Gasteiger charge is 2.30. The van der Waals surface area contributed by atoms with Crippen LogP contribution >= 0.6 is 0 Å². The van der Waals surface area contributed by atoms with E-state index < -0.39 is 53.6 Å². The van der Waals surface area contributed by atoms with E-state index in [0.29, 0.717) is 36.0 Å². The Morgan fingerprint density at radius 3 is 0.730 bits per heavy atom. The van der Waals surface area contributed by atoms with Gasteiger partial charge in [0.2, 0.25) is 0 Å². The van der Waals surface area contributed by atoms with Crippen LogP contribution in [0.2, 0.25) is 0 Å². The maximum Gasteiger partial charge on any atom is 0.320 e. The fourth-order valence-electron chi connectivity index (χ4n) is 7.86. The Labute approximate surface area is 379 Å². The lowest BCUT2D eigenvalue weighted by atomic mass is 9.99. The molecule has 12 heteroatoms. The zero-order chi connectivity index (χ0) is 46.5. The summed E-state index contributed by atoms with van der Waals surface area (Å²) in [6, 6.07) is 4.76. The van der Waals surface area contributed by atoms with E-state index >= 15 is 0 Å². The van der Waals surface area contributed by atoms with E-state index in [1.54, 1.807) is 18.2 Å². The summed E-state index contributed by atoms with van der Waals surface area (Å²) < 4.78 is 16.5. The van der Waals surface area contributed by atoms with Crippen molar-refractivity contribution in [3.63, 3.8) is 0 Å². The van der Waals surface area contributed by atoms with Gasteiger partial charge in [0.05, 0.1) is 0 Å². The molecule has 0 aromatic heterocycles. The third-order valence-electron chi connectivity index (χ3n) is 11.8. The molecule has 360 valence electrons. The van der Waals surface area contributed by atoms with Gasteiger partial charge in [-0.15, -0.1) is 0 Å². The maximum absolute atomic E-state index is 13.0. The molecule has 0 aliphatic rings. The van der Waals surface area contributed by atoms with Crippen molar-refractivity contribution in [1.29, 1.82) is 0 Å². The minimum Gasteiger partial charge on any atom is -0.481 e. The first-order valence-corrected chi connectivity index (χ1v) is 24.7. The van der Waals surface area contributed by atoms with Crippen molar-refractivity contribution in [1.82, 2.24) is 0 Å². The first-order chi connectivity index (χ1) is 30.4. The molecule has 0 fully saturated rings. The number of hydrogen-bond acceptors (Lipinski definition) is 9. The lowest BCUT2D eigenvalue weighted by molar-refractivity contribution is -0.161. The summed E-state index contributed by atoms with van der Waals surface area (Å²) in [7, 11) is 0. The molecule has 0 aliphatic carbocycles. The Morgan fingerprint density at radius 1 is 0.349 bits per heavy atom. The van der Waals surface area contributed by atoms with Crippen LogP contribution in [0.4, 0.5) is 0 Å². The van der Waals surface area contributed by atoms with E-state index in [-0.39, 0.29) is 39.1 Å². The van der Waals surface area contributed by atoms with Gasteiger partial charge < -0.3 is 29.5 Å². The zero-order valence-electron chi connectivity index (χ0n) is 39.3. The normalized spacial score (nSPS) is 12.6. The number of rotatable bonds is 42. The highest BCUT2D eigenvalue weighted by Crippen LogP contribution is 2.22. The Bertz CT molecular complexity index is 1250. The highest BCUT2D eigenvalue weighted by molar-refractivity contribution is 5.95. The summed E-state index contributed by atoms with van der Waals surface area (Å²) in [5.74, 6) is -10.4. The predicted molar refractivity (Wildman–Crippen MR) is 245 cm³/mol. The molecule has 1 rings (SSSR count). The Balaban J connectivity index is 2.97. The lowest BCUT2D eigenvalue weighted by Gasteiger charge is -2.16. The number of aliphatic carboxylic acids is 3. The molecule has 0 saturated carbocycles. The van der Waals surface area contributed by atoms with Crippen molar-refractivity contribution in [3.8, 4) is 0 Å². The van der Waals surface area contributed by atoms with E-state index in [1.165, 1.54) is 77.0 Å². The second kappa shape index (κ2) is 37.4. The van der Waals surface area contributed by atoms with Crippen molar-refractivity contribution in [2.45, 2.75) is 233 Å². The number of carboxylic acids is 3. The second-order valence-electron chi connectivity index (χ2n) is 17.5. The molecule has 0 heterocycles. The number of unbranched alkanes of at least 4 members (excludes halogenated alkanes) is 24. The van der Waals surface area contributed by atoms with Crippen LogP contribution in [0.15, 0.2) is 18.2 Å². The molecule has 0 bridgehead atoms. The first kappa shape index (κ1) is 57.1. The van der Waals surface area contributed by atoms with Gasteiger partial charge in [-0.25, -0.2) is 0 Å². The summed E-state index contributed by atoms with van der Waals surface area (Å²) in [5.41, 5.74) is 1.18. The third kappa shape index (κ3) is 28.5. The summed E-state index contributed by atoms with van der Waals surface area (Å²) in [5, 5.41) is 29.5. The van der Waals surface area contributed by atoms with Crippen molar-refractivity contribution < 1.29 is 58.3 Å². The van der Waals surface area contributed by atoms with Crippen molar-refractivity contribution in [3.05, 3.63) is 34.9 Å². The number of carbonyl (C=O) groups is 6. The molecule has 12 nitrogen and oxygen atoms in total. The molecule has 1 aromatic carbocycles. The van der Waals surface area contributed by atoms with Gasteiger partial charge in [0.25, 0.3) is 0 Å². The van der Waals surface area contributed by atoms with Crippen LogP contribution in [0.3, 0.4) is 0 Å². The number of carbonyl (C=O) groups excluding carboxylic acids is 3. The average molecular weight is 889 g/mol. The van der Waals surface area contributed by atoms with Crippen molar-refractivity contribution >= 4 is 35.8 Å². The van der Waals surface area contributed by atoms with E-state index in [1.807, 2.05) is 0 Å². The Morgan fingerprint density at radius 2 is 0.540 bits per heavy atom. The van der Waals surface area contributed by atoms with Crippen LogP contribution in [0.5, 0.6) is 0 Å².